The molecule has 3 fully saturated rings. The summed E-state index contributed by atoms with van der Waals surface area (Å²) in [5, 5.41) is 3.87. The second-order valence-electron chi connectivity index (χ2n) is 6.41. The molecule has 0 aromatic carbocycles. The third-order valence-electron chi connectivity index (χ3n) is 5.20. The summed E-state index contributed by atoms with van der Waals surface area (Å²) in [4.78, 5) is 2.67. The molecule has 2 saturated heterocycles. The molecule has 2 heteroatoms. The zero-order valence-electron chi connectivity index (χ0n) is 10.7. The van der Waals surface area contributed by atoms with Crippen molar-refractivity contribution in [1.29, 1.82) is 0 Å². The minimum atomic E-state index is 0.511. The summed E-state index contributed by atoms with van der Waals surface area (Å²) in [6.07, 6.45) is 13.0. The normalized spacial score (nSPS) is 39.8. The van der Waals surface area contributed by atoms with Gasteiger partial charge in [-0.15, -0.1) is 0 Å². The lowest BCUT2D eigenvalue weighted by Crippen LogP contribution is -2.49. The summed E-state index contributed by atoms with van der Waals surface area (Å²) in [5.41, 5.74) is 0.511. The molecule has 2 heterocycles. The Labute approximate surface area is 99.8 Å². The summed E-state index contributed by atoms with van der Waals surface area (Å²) in [6, 6.07) is 1.74. The molecule has 0 amide bonds. The molecule has 0 aromatic heterocycles. The van der Waals surface area contributed by atoms with E-state index in [9.17, 15) is 0 Å². The minimum absolute atomic E-state index is 0.511. The van der Waals surface area contributed by atoms with E-state index in [4.69, 9.17) is 0 Å². The average molecular weight is 222 g/mol. The number of nitrogens with one attached hydrogen (secondary N) is 1. The molecule has 0 aromatic rings. The molecule has 1 saturated carbocycles. The van der Waals surface area contributed by atoms with Gasteiger partial charge in [0, 0.05) is 24.2 Å². The van der Waals surface area contributed by atoms with Crippen LogP contribution >= 0.6 is 0 Å². The van der Waals surface area contributed by atoms with Crippen molar-refractivity contribution in [2.75, 3.05) is 13.6 Å². The Morgan fingerprint density at radius 3 is 2.31 bits per heavy atom. The van der Waals surface area contributed by atoms with Gasteiger partial charge in [-0.2, -0.15) is 0 Å². The first-order chi connectivity index (χ1) is 7.77. The van der Waals surface area contributed by atoms with Crippen LogP contribution in [-0.2, 0) is 0 Å². The number of nitrogens with zero attached hydrogens (tertiary/aromatic N) is 1. The maximum atomic E-state index is 3.87. The maximum absolute atomic E-state index is 3.87. The molecule has 2 nitrogen and oxygen atoms in total. The van der Waals surface area contributed by atoms with E-state index in [2.05, 4.69) is 17.3 Å². The van der Waals surface area contributed by atoms with Crippen LogP contribution < -0.4 is 5.32 Å². The fourth-order valence-corrected chi connectivity index (χ4v) is 4.22. The molecule has 0 radical (unpaired) electrons. The predicted octanol–water partition coefficient (Wildman–Crippen LogP) is 2.54. The van der Waals surface area contributed by atoms with Crippen LogP contribution in [0.2, 0.25) is 0 Å². The van der Waals surface area contributed by atoms with Crippen molar-refractivity contribution in [2.45, 2.75) is 75.4 Å². The summed E-state index contributed by atoms with van der Waals surface area (Å²) in [7, 11) is 2.36. The van der Waals surface area contributed by atoms with E-state index in [-0.39, 0.29) is 0 Å². The highest BCUT2D eigenvalue weighted by Crippen LogP contribution is 2.38. The number of rotatable bonds is 3. The van der Waals surface area contributed by atoms with Gasteiger partial charge in [-0.25, -0.2) is 0 Å². The first-order valence-corrected chi connectivity index (χ1v) is 7.25. The molecule has 0 spiro atoms. The average Bonchev–Trinajstić information content (AvgIpc) is 2.90. The van der Waals surface area contributed by atoms with E-state index in [1.807, 2.05) is 0 Å². The standard InChI is InChI=1S/C14H26N2/c1-16(13-5-3-2-4-6-13)11-14-9-7-12(15-14)8-10-14/h12-13,15H,2-11H2,1H3. The molecular formula is C14H26N2. The third-order valence-corrected chi connectivity index (χ3v) is 5.20. The van der Waals surface area contributed by atoms with E-state index in [1.165, 1.54) is 64.3 Å². The van der Waals surface area contributed by atoms with Gasteiger partial charge in [-0.3, -0.25) is 0 Å². The molecular weight excluding hydrogens is 196 g/mol. The molecule has 1 aliphatic carbocycles. The Morgan fingerprint density at radius 2 is 1.75 bits per heavy atom. The smallest absolute Gasteiger partial charge is 0.0312 e. The van der Waals surface area contributed by atoms with E-state index < -0.39 is 0 Å². The van der Waals surface area contributed by atoms with Crippen molar-refractivity contribution in [3.05, 3.63) is 0 Å². The highest BCUT2D eigenvalue weighted by molar-refractivity contribution is 5.06. The lowest BCUT2D eigenvalue weighted by molar-refractivity contribution is 0.145. The van der Waals surface area contributed by atoms with Gasteiger partial charge < -0.3 is 10.2 Å². The Hall–Kier alpha value is -0.0800. The van der Waals surface area contributed by atoms with Crippen LogP contribution in [0.5, 0.6) is 0 Å². The Morgan fingerprint density at radius 1 is 1.06 bits per heavy atom. The Kier molecular flexibility index (Phi) is 2.97. The summed E-state index contributed by atoms with van der Waals surface area (Å²) < 4.78 is 0. The van der Waals surface area contributed by atoms with Crippen molar-refractivity contribution in [3.63, 3.8) is 0 Å². The number of hydrogen-bond donors (Lipinski definition) is 1. The zero-order valence-corrected chi connectivity index (χ0v) is 10.7. The van der Waals surface area contributed by atoms with E-state index in [1.54, 1.807) is 0 Å². The summed E-state index contributed by atoms with van der Waals surface area (Å²) >= 11 is 0. The van der Waals surface area contributed by atoms with Crippen molar-refractivity contribution in [2.24, 2.45) is 0 Å². The first-order valence-electron chi connectivity index (χ1n) is 7.25. The molecule has 92 valence electrons. The van der Waals surface area contributed by atoms with Gasteiger partial charge in [-0.1, -0.05) is 19.3 Å². The van der Waals surface area contributed by atoms with Gasteiger partial charge in [0.25, 0.3) is 0 Å². The van der Waals surface area contributed by atoms with Gasteiger partial charge >= 0.3 is 0 Å². The lowest BCUT2D eigenvalue weighted by Gasteiger charge is -2.37. The molecule has 0 atom stereocenters. The number of hydrogen-bond acceptors (Lipinski definition) is 2. The fourth-order valence-electron chi connectivity index (χ4n) is 4.22. The van der Waals surface area contributed by atoms with Crippen LogP contribution in [0, 0.1) is 0 Å². The quantitative estimate of drug-likeness (QED) is 0.789. The molecule has 2 aliphatic heterocycles. The number of fused-ring (bicyclic) bond motifs is 2. The zero-order chi connectivity index (χ0) is 11.0. The van der Waals surface area contributed by atoms with E-state index >= 15 is 0 Å². The fraction of sp³-hybridized carbons (Fsp3) is 1.00. The van der Waals surface area contributed by atoms with Gasteiger partial charge in [0.15, 0.2) is 0 Å². The number of likely N-dealkylation sites (N-methyl/N-ethyl adjacent to an activating group) is 1. The van der Waals surface area contributed by atoms with Crippen LogP contribution in [0.3, 0.4) is 0 Å². The molecule has 16 heavy (non-hydrogen) atoms. The van der Waals surface area contributed by atoms with Crippen molar-refractivity contribution in [3.8, 4) is 0 Å². The van der Waals surface area contributed by atoms with E-state index in [0.717, 1.165) is 12.1 Å². The van der Waals surface area contributed by atoms with E-state index in [0.29, 0.717) is 5.54 Å². The predicted molar refractivity (Wildman–Crippen MR) is 67.6 cm³/mol. The molecule has 1 N–H and O–H groups in total. The third kappa shape index (κ3) is 2.02. The second kappa shape index (κ2) is 4.30. The first kappa shape index (κ1) is 11.0. The second-order valence-corrected chi connectivity index (χ2v) is 6.41. The summed E-state index contributed by atoms with van der Waals surface area (Å²) in [5.74, 6) is 0. The topological polar surface area (TPSA) is 15.3 Å². The molecule has 3 rings (SSSR count). The SMILES string of the molecule is CN(CC12CCC(CC1)N2)C1CCCCC1. The van der Waals surface area contributed by atoms with Gasteiger partial charge in [0.2, 0.25) is 0 Å². The summed E-state index contributed by atoms with van der Waals surface area (Å²) in [6.45, 7) is 1.30. The van der Waals surface area contributed by atoms with Crippen LogP contribution in [0.1, 0.15) is 57.8 Å². The van der Waals surface area contributed by atoms with Gasteiger partial charge in [0.05, 0.1) is 0 Å². The van der Waals surface area contributed by atoms with Gasteiger partial charge in [-0.05, 0) is 45.6 Å². The molecule has 0 unspecified atom stereocenters. The van der Waals surface area contributed by atoms with Crippen LogP contribution in [0.25, 0.3) is 0 Å². The van der Waals surface area contributed by atoms with Gasteiger partial charge in [0.1, 0.15) is 0 Å². The molecule has 3 aliphatic rings. The van der Waals surface area contributed by atoms with Crippen molar-refractivity contribution >= 4 is 0 Å². The molecule has 2 bridgehead atoms. The van der Waals surface area contributed by atoms with Crippen LogP contribution in [0.4, 0.5) is 0 Å². The van der Waals surface area contributed by atoms with Crippen LogP contribution in [0.15, 0.2) is 0 Å². The van der Waals surface area contributed by atoms with Crippen molar-refractivity contribution < 1.29 is 0 Å². The Bertz CT molecular complexity index is 237. The largest absolute Gasteiger partial charge is 0.307 e. The highest BCUT2D eigenvalue weighted by atomic mass is 15.2. The Balaban J connectivity index is 1.57. The minimum Gasteiger partial charge on any atom is -0.307 e. The van der Waals surface area contributed by atoms with Crippen molar-refractivity contribution in [1.82, 2.24) is 10.2 Å². The highest BCUT2D eigenvalue weighted by Gasteiger charge is 2.45. The maximum Gasteiger partial charge on any atom is 0.0312 e. The monoisotopic (exact) mass is 222 g/mol. The lowest BCUT2D eigenvalue weighted by atomic mass is 9.86. The van der Waals surface area contributed by atoms with Crippen LogP contribution in [-0.4, -0.2) is 36.1 Å².